The van der Waals surface area contributed by atoms with Gasteiger partial charge in [0.05, 0.1) is 13.7 Å². The third kappa shape index (κ3) is 3.50. The van der Waals surface area contributed by atoms with Gasteiger partial charge in [0.15, 0.2) is 16.6 Å². The van der Waals surface area contributed by atoms with E-state index in [0.29, 0.717) is 23.5 Å². The van der Waals surface area contributed by atoms with Crippen LogP contribution >= 0.6 is 12.2 Å². The summed E-state index contributed by atoms with van der Waals surface area (Å²) >= 11 is 5.22. The quantitative estimate of drug-likeness (QED) is 0.802. The molecule has 5 heteroatoms. The molecule has 1 fully saturated rings. The van der Waals surface area contributed by atoms with Gasteiger partial charge in [-0.1, -0.05) is 0 Å². The minimum absolute atomic E-state index is 0.551. The first kappa shape index (κ1) is 13.0. The van der Waals surface area contributed by atoms with Crippen molar-refractivity contribution in [2.45, 2.75) is 25.8 Å². The standard InChI is InChI=1S/C13H18N2O2S/c1-3-17-11-7-6-10(8-12(11)16-2)15-13(18)14-9-4-5-9/h6-9H,3-5H2,1-2H3,(H2,14,15,18). The van der Waals surface area contributed by atoms with Gasteiger partial charge in [0.1, 0.15) is 0 Å². The predicted molar refractivity (Wildman–Crippen MR) is 76.5 cm³/mol. The van der Waals surface area contributed by atoms with E-state index in [4.69, 9.17) is 21.7 Å². The second kappa shape index (κ2) is 5.91. The van der Waals surface area contributed by atoms with Gasteiger partial charge in [-0.15, -0.1) is 0 Å². The molecule has 0 saturated heterocycles. The Morgan fingerprint density at radius 1 is 1.39 bits per heavy atom. The third-order valence-electron chi connectivity index (χ3n) is 2.63. The molecular weight excluding hydrogens is 248 g/mol. The maximum Gasteiger partial charge on any atom is 0.170 e. The molecule has 18 heavy (non-hydrogen) atoms. The lowest BCUT2D eigenvalue weighted by Crippen LogP contribution is -2.30. The van der Waals surface area contributed by atoms with Crippen molar-refractivity contribution in [2.75, 3.05) is 19.0 Å². The fraction of sp³-hybridized carbons (Fsp3) is 0.462. The highest BCUT2D eigenvalue weighted by molar-refractivity contribution is 7.80. The van der Waals surface area contributed by atoms with Crippen molar-refractivity contribution < 1.29 is 9.47 Å². The number of rotatable bonds is 5. The molecule has 0 unspecified atom stereocenters. The largest absolute Gasteiger partial charge is 0.493 e. The summed E-state index contributed by atoms with van der Waals surface area (Å²) in [5.41, 5.74) is 0.897. The van der Waals surface area contributed by atoms with E-state index in [1.54, 1.807) is 7.11 Å². The average molecular weight is 266 g/mol. The van der Waals surface area contributed by atoms with Crippen LogP contribution in [0.2, 0.25) is 0 Å². The predicted octanol–water partition coefficient (Wildman–Crippen LogP) is 2.54. The van der Waals surface area contributed by atoms with Crippen LogP contribution in [0.25, 0.3) is 0 Å². The molecule has 2 N–H and O–H groups in total. The molecule has 0 atom stereocenters. The zero-order valence-corrected chi connectivity index (χ0v) is 11.5. The smallest absolute Gasteiger partial charge is 0.170 e. The Morgan fingerprint density at radius 3 is 2.78 bits per heavy atom. The van der Waals surface area contributed by atoms with E-state index in [2.05, 4.69) is 10.6 Å². The molecule has 4 nitrogen and oxygen atoms in total. The number of benzene rings is 1. The van der Waals surface area contributed by atoms with Gasteiger partial charge in [0.2, 0.25) is 0 Å². The Balaban J connectivity index is 2.01. The number of ether oxygens (including phenoxy) is 2. The zero-order valence-electron chi connectivity index (χ0n) is 10.7. The van der Waals surface area contributed by atoms with Crippen LogP contribution in [0.1, 0.15) is 19.8 Å². The average Bonchev–Trinajstić information content (AvgIpc) is 3.15. The van der Waals surface area contributed by atoms with Gasteiger partial charge >= 0.3 is 0 Å². The summed E-state index contributed by atoms with van der Waals surface area (Å²) in [6, 6.07) is 6.24. The summed E-state index contributed by atoms with van der Waals surface area (Å²) in [6.45, 7) is 2.56. The van der Waals surface area contributed by atoms with Crippen LogP contribution in [-0.4, -0.2) is 24.9 Å². The van der Waals surface area contributed by atoms with Gasteiger partial charge in [-0.05, 0) is 44.1 Å². The second-order valence-electron chi connectivity index (χ2n) is 4.17. The van der Waals surface area contributed by atoms with Crippen LogP contribution in [0.4, 0.5) is 5.69 Å². The van der Waals surface area contributed by atoms with E-state index in [0.717, 1.165) is 11.4 Å². The molecule has 2 rings (SSSR count). The van der Waals surface area contributed by atoms with Gasteiger partial charge < -0.3 is 20.1 Å². The first-order chi connectivity index (χ1) is 8.72. The molecule has 1 aromatic rings. The molecule has 0 spiro atoms. The zero-order chi connectivity index (χ0) is 13.0. The van der Waals surface area contributed by atoms with Crippen molar-refractivity contribution in [3.8, 4) is 11.5 Å². The van der Waals surface area contributed by atoms with Crippen molar-refractivity contribution in [3.05, 3.63) is 18.2 Å². The maximum absolute atomic E-state index is 5.46. The van der Waals surface area contributed by atoms with Crippen LogP contribution in [-0.2, 0) is 0 Å². The molecule has 1 aliphatic rings. The van der Waals surface area contributed by atoms with E-state index >= 15 is 0 Å². The summed E-state index contributed by atoms with van der Waals surface area (Å²) in [5, 5.41) is 7.03. The van der Waals surface area contributed by atoms with Crippen LogP contribution in [0.15, 0.2) is 18.2 Å². The van der Waals surface area contributed by atoms with E-state index in [-0.39, 0.29) is 0 Å². The summed E-state index contributed by atoms with van der Waals surface area (Å²) < 4.78 is 10.7. The number of hydrogen-bond donors (Lipinski definition) is 2. The Hall–Kier alpha value is -1.49. The summed E-state index contributed by atoms with van der Waals surface area (Å²) in [7, 11) is 1.63. The van der Waals surface area contributed by atoms with E-state index in [1.165, 1.54) is 12.8 Å². The molecule has 0 aromatic heterocycles. The molecule has 1 aromatic carbocycles. The minimum Gasteiger partial charge on any atom is -0.493 e. The summed E-state index contributed by atoms with van der Waals surface area (Å²) in [6.07, 6.45) is 2.41. The number of methoxy groups -OCH3 is 1. The molecule has 0 aliphatic heterocycles. The Labute approximate surface area is 113 Å². The number of anilines is 1. The molecular formula is C13H18N2O2S. The first-order valence-electron chi connectivity index (χ1n) is 6.11. The third-order valence-corrected chi connectivity index (χ3v) is 2.85. The topological polar surface area (TPSA) is 42.5 Å². The first-order valence-corrected chi connectivity index (χ1v) is 6.52. The van der Waals surface area contributed by atoms with Crippen molar-refractivity contribution in [2.24, 2.45) is 0 Å². The molecule has 0 heterocycles. The Kier molecular flexibility index (Phi) is 4.25. The van der Waals surface area contributed by atoms with Crippen molar-refractivity contribution >= 4 is 23.0 Å². The van der Waals surface area contributed by atoms with Gasteiger partial charge in [-0.2, -0.15) is 0 Å². The highest BCUT2D eigenvalue weighted by Gasteiger charge is 2.21. The van der Waals surface area contributed by atoms with Gasteiger partial charge in [-0.3, -0.25) is 0 Å². The van der Waals surface area contributed by atoms with E-state index in [9.17, 15) is 0 Å². The molecule has 98 valence electrons. The van der Waals surface area contributed by atoms with E-state index < -0.39 is 0 Å². The van der Waals surface area contributed by atoms with E-state index in [1.807, 2.05) is 25.1 Å². The number of thiocarbonyl (C=S) groups is 1. The van der Waals surface area contributed by atoms with Crippen molar-refractivity contribution in [1.29, 1.82) is 0 Å². The highest BCUT2D eigenvalue weighted by Crippen LogP contribution is 2.30. The SMILES string of the molecule is CCOc1ccc(NC(=S)NC2CC2)cc1OC. The monoisotopic (exact) mass is 266 g/mol. The fourth-order valence-corrected chi connectivity index (χ4v) is 1.88. The normalized spacial score (nSPS) is 13.9. The lowest BCUT2D eigenvalue weighted by atomic mass is 10.3. The van der Waals surface area contributed by atoms with Gasteiger partial charge in [0, 0.05) is 17.8 Å². The minimum atomic E-state index is 0.551. The van der Waals surface area contributed by atoms with Crippen molar-refractivity contribution in [3.63, 3.8) is 0 Å². The number of nitrogens with one attached hydrogen (secondary N) is 2. The molecule has 1 saturated carbocycles. The highest BCUT2D eigenvalue weighted by atomic mass is 32.1. The van der Waals surface area contributed by atoms with Gasteiger partial charge in [-0.25, -0.2) is 0 Å². The summed E-state index contributed by atoms with van der Waals surface area (Å²) in [4.78, 5) is 0. The maximum atomic E-state index is 5.46. The fourth-order valence-electron chi connectivity index (χ4n) is 1.60. The Morgan fingerprint density at radius 2 is 2.17 bits per heavy atom. The van der Waals surface area contributed by atoms with Crippen LogP contribution in [0.3, 0.4) is 0 Å². The lowest BCUT2D eigenvalue weighted by molar-refractivity contribution is 0.311. The van der Waals surface area contributed by atoms with Gasteiger partial charge in [0.25, 0.3) is 0 Å². The molecule has 1 aliphatic carbocycles. The molecule has 0 radical (unpaired) electrons. The summed E-state index contributed by atoms with van der Waals surface area (Å²) in [5.74, 6) is 1.45. The number of hydrogen-bond acceptors (Lipinski definition) is 3. The van der Waals surface area contributed by atoms with Crippen molar-refractivity contribution in [1.82, 2.24) is 5.32 Å². The second-order valence-corrected chi connectivity index (χ2v) is 4.58. The van der Waals surface area contributed by atoms with Crippen LogP contribution in [0.5, 0.6) is 11.5 Å². The van der Waals surface area contributed by atoms with Crippen LogP contribution < -0.4 is 20.1 Å². The lowest BCUT2D eigenvalue weighted by Gasteiger charge is -2.13. The molecule has 0 bridgehead atoms. The molecule has 0 amide bonds. The Bertz CT molecular complexity index is 433. The van der Waals surface area contributed by atoms with Crippen LogP contribution in [0, 0.1) is 0 Å².